The van der Waals surface area contributed by atoms with Crippen molar-refractivity contribution in [1.82, 2.24) is 4.90 Å². The van der Waals surface area contributed by atoms with Crippen molar-refractivity contribution in [3.8, 4) is 0 Å². The lowest BCUT2D eigenvalue weighted by Crippen LogP contribution is -2.51. The predicted octanol–water partition coefficient (Wildman–Crippen LogP) is 0.746. The monoisotopic (exact) mass is 205 g/mol. The molecule has 2 fully saturated rings. The molecule has 2 bridgehead atoms. The van der Waals surface area contributed by atoms with E-state index in [9.17, 15) is 13.6 Å². The maximum Gasteiger partial charge on any atom is 0.315 e. The zero-order valence-corrected chi connectivity index (χ0v) is 8.00. The van der Waals surface area contributed by atoms with Crippen LogP contribution >= 0.6 is 0 Å². The average molecular weight is 205 g/mol. The quantitative estimate of drug-likeness (QED) is 0.591. The smallest absolute Gasteiger partial charge is 0.315 e. The molecule has 0 aromatic heterocycles. The highest BCUT2D eigenvalue weighted by Crippen LogP contribution is 2.42. The number of methoxy groups -OCH3 is 1. The number of piperidine rings is 1. The van der Waals surface area contributed by atoms with Gasteiger partial charge in [-0.25, -0.2) is 8.78 Å². The molecular weight excluding hydrogens is 192 g/mol. The zero-order chi connectivity index (χ0) is 10.3. The fourth-order valence-corrected chi connectivity index (χ4v) is 2.51. The van der Waals surface area contributed by atoms with Crippen molar-refractivity contribution >= 4 is 5.97 Å². The van der Waals surface area contributed by atoms with Gasteiger partial charge in [0.15, 0.2) is 0 Å². The molecule has 0 saturated carbocycles. The van der Waals surface area contributed by atoms with Gasteiger partial charge in [-0.1, -0.05) is 0 Å². The molecule has 0 aromatic carbocycles. The van der Waals surface area contributed by atoms with Crippen LogP contribution in [0.1, 0.15) is 6.42 Å². The fourth-order valence-electron chi connectivity index (χ4n) is 2.51. The third kappa shape index (κ3) is 1.39. The maximum absolute atomic E-state index is 13.5. The molecule has 3 atom stereocenters. The van der Waals surface area contributed by atoms with Gasteiger partial charge in [0.1, 0.15) is 5.92 Å². The second-order valence-corrected chi connectivity index (χ2v) is 4.05. The topological polar surface area (TPSA) is 29.5 Å². The average Bonchev–Trinajstić information content (AvgIpc) is 2.47. The van der Waals surface area contributed by atoms with E-state index in [0.29, 0.717) is 19.5 Å². The molecule has 3 nitrogen and oxygen atoms in total. The summed E-state index contributed by atoms with van der Waals surface area (Å²) in [5, 5.41) is 0. The zero-order valence-electron chi connectivity index (χ0n) is 8.00. The molecule has 2 saturated heterocycles. The number of esters is 1. The molecule has 0 aliphatic carbocycles. The number of ether oxygens (including phenoxy) is 1. The lowest BCUT2D eigenvalue weighted by molar-refractivity contribution is -0.173. The van der Waals surface area contributed by atoms with Crippen molar-refractivity contribution in [2.75, 3.05) is 26.7 Å². The Kier molecular flexibility index (Phi) is 2.21. The molecule has 0 N–H and O–H groups in total. The number of carbonyl (C=O) groups excluding carboxylic acids is 1. The lowest BCUT2D eigenvalue weighted by Gasteiger charge is -2.35. The summed E-state index contributed by atoms with van der Waals surface area (Å²) in [4.78, 5) is 13.0. The second kappa shape index (κ2) is 3.15. The molecule has 2 heterocycles. The van der Waals surface area contributed by atoms with Crippen LogP contribution in [-0.2, 0) is 9.53 Å². The van der Waals surface area contributed by atoms with E-state index < -0.39 is 17.8 Å². The van der Waals surface area contributed by atoms with E-state index in [4.69, 9.17) is 0 Å². The molecule has 2 aliphatic rings. The number of fused-ring (bicyclic) bond motifs is 2. The molecule has 0 spiro atoms. The van der Waals surface area contributed by atoms with E-state index in [-0.39, 0.29) is 12.5 Å². The highest BCUT2D eigenvalue weighted by Gasteiger charge is 2.56. The third-order valence-corrected chi connectivity index (χ3v) is 3.12. The van der Waals surface area contributed by atoms with E-state index in [1.807, 2.05) is 0 Å². The van der Waals surface area contributed by atoms with Gasteiger partial charge in [0.2, 0.25) is 0 Å². The van der Waals surface area contributed by atoms with E-state index in [1.54, 1.807) is 4.90 Å². The number of carbonyl (C=O) groups is 1. The molecule has 2 aliphatic heterocycles. The van der Waals surface area contributed by atoms with Crippen LogP contribution in [-0.4, -0.2) is 43.5 Å². The summed E-state index contributed by atoms with van der Waals surface area (Å²) in [6.45, 7) is 0.979. The molecule has 2 rings (SSSR count). The summed E-state index contributed by atoms with van der Waals surface area (Å²) in [6, 6.07) is 0. The number of hydrogen-bond acceptors (Lipinski definition) is 3. The van der Waals surface area contributed by atoms with Crippen molar-refractivity contribution in [3.63, 3.8) is 0 Å². The van der Waals surface area contributed by atoms with E-state index in [2.05, 4.69) is 4.74 Å². The normalized spacial score (nSPS) is 39.5. The predicted molar refractivity (Wildman–Crippen MR) is 45.0 cm³/mol. The lowest BCUT2D eigenvalue weighted by atomic mass is 9.84. The standard InChI is InChI=1S/C9H13F2NO2/c1-14-8(13)7-6-2-3-12(4-6)5-9(7,10)11/h6-7H,2-5H2,1H3. The minimum atomic E-state index is -2.92. The van der Waals surface area contributed by atoms with Gasteiger partial charge < -0.3 is 4.74 Å². The van der Waals surface area contributed by atoms with Crippen LogP contribution in [0.3, 0.4) is 0 Å². The molecule has 3 unspecified atom stereocenters. The number of nitrogens with zero attached hydrogens (tertiary/aromatic N) is 1. The van der Waals surface area contributed by atoms with E-state index >= 15 is 0 Å². The fraction of sp³-hybridized carbons (Fsp3) is 0.889. The van der Waals surface area contributed by atoms with E-state index in [0.717, 1.165) is 0 Å². The first-order valence-electron chi connectivity index (χ1n) is 4.72. The van der Waals surface area contributed by atoms with Crippen LogP contribution in [0.4, 0.5) is 8.78 Å². The largest absolute Gasteiger partial charge is 0.469 e. The van der Waals surface area contributed by atoms with Crippen molar-refractivity contribution in [3.05, 3.63) is 0 Å². The summed E-state index contributed by atoms with van der Waals surface area (Å²) < 4.78 is 31.4. The van der Waals surface area contributed by atoms with Crippen LogP contribution in [0, 0.1) is 11.8 Å². The number of halogens is 2. The van der Waals surface area contributed by atoms with Gasteiger partial charge in [-0.3, -0.25) is 9.69 Å². The van der Waals surface area contributed by atoms with Gasteiger partial charge in [0, 0.05) is 6.54 Å². The Morgan fingerprint density at radius 1 is 1.57 bits per heavy atom. The highest BCUT2D eigenvalue weighted by atomic mass is 19.3. The van der Waals surface area contributed by atoms with Crippen molar-refractivity contribution in [2.24, 2.45) is 11.8 Å². The second-order valence-electron chi connectivity index (χ2n) is 4.05. The SMILES string of the molecule is COC(=O)C1C2CCN(C2)CC1(F)F. The Bertz CT molecular complexity index is 257. The van der Waals surface area contributed by atoms with Gasteiger partial charge >= 0.3 is 5.97 Å². The molecule has 0 radical (unpaired) electrons. The minimum Gasteiger partial charge on any atom is -0.469 e. The molecular formula is C9H13F2NO2. The number of hydrogen-bond donors (Lipinski definition) is 0. The van der Waals surface area contributed by atoms with Gasteiger partial charge in [-0.15, -0.1) is 0 Å². The summed E-state index contributed by atoms with van der Waals surface area (Å²) in [7, 11) is 1.17. The number of alkyl halides is 2. The molecule has 5 heteroatoms. The summed E-state index contributed by atoms with van der Waals surface area (Å²) >= 11 is 0. The first-order valence-corrected chi connectivity index (χ1v) is 4.72. The summed E-state index contributed by atoms with van der Waals surface area (Å²) in [5.74, 6) is -5.15. The Morgan fingerprint density at radius 2 is 2.29 bits per heavy atom. The minimum absolute atomic E-state index is 0.230. The molecule has 14 heavy (non-hydrogen) atoms. The highest BCUT2D eigenvalue weighted by molar-refractivity contribution is 5.74. The van der Waals surface area contributed by atoms with Gasteiger partial charge in [0.25, 0.3) is 5.92 Å². The van der Waals surface area contributed by atoms with Gasteiger partial charge in [-0.2, -0.15) is 0 Å². The maximum atomic E-state index is 13.5. The van der Waals surface area contributed by atoms with Gasteiger partial charge in [-0.05, 0) is 18.9 Å². The first-order chi connectivity index (χ1) is 6.54. The Labute approximate surface area is 81.0 Å². The summed E-state index contributed by atoms with van der Waals surface area (Å²) in [6.07, 6.45) is 0.676. The molecule has 0 aromatic rings. The Balaban J connectivity index is 2.22. The van der Waals surface area contributed by atoms with Crippen LogP contribution in [0.2, 0.25) is 0 Å². The Hall–Kier alpha value is -0.710. The third-order valence-electron chi connectivity index (χ3n) is 3.12. The first kappa shape index (κ1) is 9.83. The van der Waals surface area contributed by atoms with Crippen LogP contribution in [0.15, 0.2) is 0 Å². The van der Waals surface area contributed by atoms with Crippen molar-refractivity contribution in [1.29, 1.82) is 0 Å². The van der Waals surface area contributed by atoms with Crippen LogP contribution in [0.25, 0.3) is 0 Å². The van der Waals surface area contributed by atoms with Crippen LogP contribution < -0.4 is 0 Å². The summed E-state index contributed by atoms with van der Waals surface area (Å²) in [5.41, 5.74) is 0. The van der Waals surface area contributed by atoms with Crippen molar-refractivity contribution in [2.45, 2.75) is 12.3 Å². The number of rotatable bonds is 1. The van der Waals surface area contributed by atoms with E-state index in [1.165, 1.54) is 7.11 Å². The molecule has 80 valence electrons. The van der Waals surface area contributed by atoms with Crippen LogP contribution in [0.5, 0.6) is 0 Å². The van der Waals surface area contributed by atoms with Gasteiger partial charge in [0.05, 0.1) is 13.7 Å². The Morgan fingerprint density at radius 3 is 2.93 bits per heavy atom. The van der Waals surface area contributed by atoms with Crippen molar-refractivity contribution < 1.29 is 18.3 Å². The molecule has 0 amide bonds.